The van der Waals surface area contributed by atoms with Crippen LogP contribution in [0.5, 0.6) is 0 Å². The Morgan fingerprint density at radius 2 is 2.26 bits per heavy atom. The van der Waals surface area contributed by atoms with E-state index in [-0.39, 0.29) is 5.82 Å². The summed E-state index contributed by atoms with van der Waals surface area (Å²) < 4.78 is 2.08. The predicted octanol–water partition coefficient (Wildman–Crippen LogP) is 2.45. The first-order chi connectivity index (χ1) is 9.06. The second-order valence-electron chi connectivity index (χ2n) is 3.75. The van der Waals surface area contributed by atoms with Crippen LogP contribution in [0.25, 0.3) is 0 Å². The van der Waals surface area contributed by atoms with Crippen LogP contribution in [0.4, 0.5) is 0 Å². The molecule has 0 bridgehead atoms. The largest absolute Gasteiger partial charge is 0.332 e. The number of Topliss-reactive ketones (excluding diaryl/α,β-unsaturated/α-hetero) is 2. The molecular formula is C12H8BrN3O2S. The van der Waals surface area contributed by atoms with E-state index in [9.17, 15) is 9.59 Å². The fourth-order valence-corrected chi connectivity index (χ4v) is 3.11. The number of hydrogen-bond donors (Lipinski definition) is 0. The summed E-state index contributed by atoms with van der Waals surface area (Å²) in [6, 6.07) is 3.47. The number of nitriles is 1. The Balaban J connectivity index is 2.35. The maximum Gasteiger partial charge on any atom is 0.223 e. The van der Waals surface area contributed by atoms with E-state index < -0.39 is 17.5 Å². The second kappa shape index (κ2) is 5.47. The first kappa shape index (κ1) is 13.6. The molecule has 0 aromatic carbocycles. The quantitative estimate of drug-likeness (QED) is 0.634. The Labute approximate surface area is 121 Å². The van der Waals surface area contributed by atoms with Crippen LogP contribution in [0.2, 0.25) is 0 Å². The summed E-state index contributed by atoms with van der Waals surface area (Å²) >= 11 is 4.42. The Bertz CT molecular complexity index is 631. The summed E-state index contributed by atoms with van der Waals surface area (Å²) in [6.45, 7) is 0. The van der Waals surface area contributed by atoms with E-state index in [2.05, 4.69) is 20.9 Å². The SMILES string of the molecule is Cn1ccnc1C(=O)C(C#N)C(=O)c1sccc1Br. The van der Waals surface area contributed by atoms with Crippen molar-refractivity contribution in [3.8, 4) is 6.07 Å². The van der Waals surface area contributed by atoms with Gasteiger partial charge in [-0.2, -0.15) is 5.26 Å². The van der Waals surface area contributed by atoms with Crippen molar-refractivity contribution >= 4 is 38.8 Å². The Kier molecular flexibility index (Phi) is 3.93. The van der Waals surface area contributed by atoms with Gasteiger partial charge in [-0.3, -0.25) is 9.59 Å². The summed E-state index contributed by atoms with van der Waals surface area (Å²) in [5.74, 6) is -2.35. The molecule has 7 heteroatoms. The number of imidazole rings is 1. The molecule has 1 atom stereocenters. The Hall–Kier alpha value is -1.78. The molecule has 0 aliphatic carbocycles. The highest BCUT2D eigenvalue weighted by atomic mass is 79.9. The molecule has 2 rings (SSSR count). The molecule has 0 saturated heterocycles. The maximum absolute atomic E-state index is 12.2. The van der Waals surface area contributed by atoms with Gasteiger partial charge in [0.25, 0.3) is 0 Å². The number of aryl methyl sites for hydroxylation is 1. The van der Waals surface area contributed by atoms with Gasteiger partial charge in [-0.05, 0) is 27.4 Å². The zero-order chi connectivity index (χ0) is 14.0. The topological polar surface area (TPSA) is 75.8 Å². The molecule has 2 aromatic rings. The lowest BCUT2D eigenvalue weighted by Crippen LogP contribution is -2.25. The van der Waals surface area contributed by atoms with Crippen LogP contribution in [-0.2, 0) is 7.05 Å². The highest BCUT2D eigenvalue weighted by molar-refractivity contribution is 9.10. The van der Waals surface area contributed by atoms with Gasteiger partial charge < -0.3 is 4.57 Å². The number of carbonyl (C=O) groups is 2. The molecule has 0 amide bonds. The minimum absolute atomic E-state index is 0.104. The van der Waals surface area contributed by atoms with Crippen LogP contribution < -0.4 is 0 Å². The standard InChI is InChI=1S/C12H8BrN3O2S/c1-16-4-3-15-12(16)10(18)7(6-14)9(17)11-8(13)2-5-19-11/h2-5,7H,1H3. The molecule has 2 aromatic heterocycles. The lowest BCUT2D eigenvalue weighted by atomic mass is 9.99. The van der Waals surface area contributed by atoms with Gasteiger partial charge in [0.2, 0.25) is 5.78 Å². The molecular weight excluding hydrogens is 330 g/mol. The average molecular weight is 338 g/mol. The number of hydrogen-bond acceptors (Lipinski definition) is 5. The van der Waals surface area contributed by atoms with Gasteiger partial charge in [0.05, 0.1) is 10.9 Å². The third kappa shape index (κ3) is 2.50. The number of thiophene rings is 1. The summed E-state index contributed by atoms with van der Waals surface area (Å²) in [5, 5.41) is 10.8. The second-order valence-corrected chi connectivity index (χ2v) is 5.52. The minimum Gasteiger partial charge on any atom is -0.332 e. The van der Waals surface area contributed by atoms with Crippen molar-refractivity contribution in [2.24, 2.45) is 13.0 Å². The molecule has 96 valence electrons. The van der Waals surface area contributed by atoms with E-state index >= 15 is 0 Å². The molecule has 0 aliphatic rings. The highest BCUT2D eigenvalue weighted by Gasteiger charge is 2.32. The number of nitrogens with zero attached hydrogens (tertiary/aromatic N) is 3. The van der Waals surface area contributed by atoms with Gasteiger partial charge in [0, 0.05) is 23.9 Å². The zero-order valence-corrected chi connectivity index (χ0v) is 12.2. The summed E-state index contributed by atoms with van der Waals surface area (Å²) in [5.41, 5.74) is 0. The van der Waals surface area contributed by atoms with Crippen molar-refractivity contribution in [1.29, 1.82) is 5.26 Å². The van der Waals surface area contributed by atoms with Crippen molar-refractivity contribution < 1.29 is 9.59 Å². The Morgan fingerprint density at radius 3 is 2.74 bits per heavy atom. The highest BCUT2D eigenvalue weighted by Crippen LogP contribution is 2.26. The minimum atomic E-state index is -1.36. The lowest BCUT2D eigenvalue weighted by Gasteiger charge is -2.06. The monoisotopic (exact) mass is 337 g/mol. The number of carbonyl (C=O) groups excluding carboxylic acids is 2. The van der Waals surface area contributed by atoms with Crippen LogP contribution in [0.3, 0.4) is 0 Å². The summed E-state index contributed by atoms with van der Waals surface area (Å²) in [4.78, 5) is 28.6. The molecule has 5 nitrogen and oxygen atoms in total. The van der Waals surface area contributed by atoms with Crippen molar-refractivity contribution in [3.05, 3.63) is 39.0 Å². The molecule has 0 aliphatic heterocycles. The van der Waals surface area contributed by atoms with Gasteiger partial charge in [-0.25, -0.2) is 4.98 Å². The molecule has 0 saturated carbocycles. The van der Waals surface area contributed by atoms with Crippen LogP contribution in [-0.4, -0.2) is 21.1 Å². The zero-order valence-electron chi connectivity index (χ0n) is 9.83. The van der Waals surface area contributed by atoms with Crippen LogP contribution >= 0.6 is 27.3 Å². The fraction of sp³-hybridized carbons (Fsp3) is 0.167. The normalized spacial score (nSPS) is 11.8. The van der Waals surface area contributed by atoms with Crippen molar-refractivity contribution in [3.63, 3.8) is 0 Å². The summed E-state index contributed by atoms with van der Waals surface area (Å²) in [6.07, 6.45) is 3.04. The van der Waals surface area contributed by atoms with Crippen molar-refractivity contribution in [2.45, 2.75) is 0 Å². The van der Waals surface area contributed by atoms with E-state index in [0.29, 0.717) is 9.35 Å². The molecule has 19 heavy (non-hydrogen) atoms. The smallest absolute Gasteiger partial charge is 0.223 e. The fourth-order valence-electron chi connectivity index (χ4n) is 1.57. The first-order valence-corrected chi connectivity index (χ1v) is 6.92. The van der Waals surface area contributed by atoms with Gasteiger partial charge >= 0.3 is 0 Å². The third-order valence-corrected chi connectivity index (χ3v) is 4.39. The van der Waals surface area contributed by atoms with Gasteiger partial charge in [0.15, 0.2) is 17.5 Å². The molecule has 0 spiro atoms. The van der Waals surface area contributed by atoms with E-state index in [0.717, 1.165) is 0 Å². The Morgan fingerprint density at radius 1 is 1.53 bits per heavy atom. The van der Waals surface area contributed by atoms with E-state index in [1.807, 2.05) is 0 Å². The number of ketones is 2. The lowest BCUT2D eigenvalue weighted by molar-refractivity contribution is 0.0840. The van der Waals surface area contributed by atoms with Gasteiger partial charge in [-0.1, -0.05) is 0 Å². The third-order valence-electron chi connectivity index (χ3n) is 2.54. The van der Waals surface area contributed by atoms with Crippen molar-refractivity contribution in [2.75, 3.05) is 0 Å². The average Bonchev–Trinajstić information content (AvgIpc) is 2.98. The van der Waals surface area contributed by atoms with E-state index in [1.54, 1.807) is 30.8 Å². The van der Waals surface area contributed by atoms with Crippen LogP contribution in [0.15, 0.2) is 28.3 Å². The predicted molar refractivity (Wildman–Crippen MR) is 73.0 cm³/mol. The number of halogens is 1. The van der Waals surface area contributed by atoms with Crippen molar-refractivity contribution in [1.82, 2.24) is 9.55 Å². The number of aromatic nitrogens is 2. The van der Waals surface area contributed by atoms with Crippen LogP contribution in [0, 0.1) is 17.2 Å². The number of rotatable bonds is 4. The molecule has 0 fully saturated rings. The van der Waals surface area contributed by atoms with Gasteiger partial charge in [-0.15, -0.1) is 11.3 Å². The molecule has 1 unspecified atom stereocenters. The van der Waals surface area contributed by atoms with E-state index in [1.165, 1.54) is 22.1 Å². The molecule has 0 N–H and O–H groups in total. The maximum atomic E-state index is 12.2. The molecule has 0 radical (unpaired) electrons. The van der Waals surface area contributed by atoms with E-state index in [4.69, 9.17) is 5.26 Å². The van der Waals surface area contributed by atoms with Gasteiger partial charge in [0.1, 0.15) is 0 Å². The summed E-state index contributed by atoms with van der Waals surface area (Å²) in [7, 11) is 1.64. The molecule has 2 heterocycles. The first-order valence-electron chi connectivity index (χ1n) is 5.24. The van der Waals surface area contributed by atoms with Crippen LogP contribution in [0.1, 0.15) is 20.3 Å².